The molecular weight excluding hydrogens is 354 g/mol. The Balaban J connectivity index is 1.57. The number of esters is 1. The van der Waals surface area contributed by atoms with Gasteiger partial charge in [0.25, 0.3) is 0 Å². The number of ether oxygens (including phenoxy) is 1. The number of nitrogens with one attached hydrogen (secondary N) is 1. The van der Waals surface area contributed by atoms with Gasteiger partial charge in [0.05, 0.1) is 18.9 Å². The Morgan fingerprint density at radius 2 is 2.25 bits per heavy atom. The molecule has 0 amide bonds. The lowest BCUT2D eigenvalue weighted by molar-refractivity contribution is -0.149. The number of nitrogens with zero attached hydrogens (tertiary/aromatic N) is 4. The fraction of sp³-hybridized carbons (Fsp3) is 0.476. The van der Waals surface area contributed by atoms with Crippen LogP contribution in [0.3, 0.4) is 0 Å². The molecule has 1 atom stereocenters. The van der Waals surface area contributed by atoms with Crippen molar-refractivity contribution in [3.63, 3.8) is 0 Å². The Morgan fingerprint density at radius 3 is 3.00 bits per heavy atom. The first kappa shape index (κ1) is 19.9. The van der Waals surface area contributed by atoms with Crippen molar-refractivity contribution in [3.8, 4) is 0 Å². The van der Waals surface area contributed by atoms with Crippen molar-refractivity contribution >= 4 is 11.9 Å². The first-order valence-corrected chi connectivity index (χ1v) is 9.85. The molecule has 1 saturated heterocycles. The van der Waals surface area contributed by atoms with Gasteiger partial charge < -0.3 is 19.5 Å². The van der Waals surface area contributed by atoms with E-state index >= 15 is 0 Å². The maximum Gasteiger partial charge on any atom is 0.310 e. The molecular formula is C21H29N5O2. The third-order valence-corrected chi connectivity index (χ3v) is 4.92. The first-order chi connectivity index (χ1) is 13.7. The van der Waals surface area contributed by atoms with Crippen molar-refractivity contribution in [2.24, 2.45) is 10.9 Å². The van der Waals surface area contributed by atoms with Gasteiger partial charge in [0.1, 0.15) is 0 Å². The van der Waals surface area contributed by atoms with Crippen LogP contribution in [0.2, 0.25) is 0 Å². The highest BCUT2D eigenvalue weighted by molar-refractivity contribution is 5.81. The van der Waals surface area contributed by atoms with E-state index in [-0.39, 0.29) is 11.9 Å². The number of carbonyl (C=O) groups excluding carboxylic acids is 1. The standard InChI is InChI=1S/C21H29N5O2/c1-3-28-20(27)19-8-5-10-26(15-19)21(22-2)24-13-17-6-4-7-18(12-17)14-25-11-9-23-16-25/h4,6-7,9,11-12,16,19H,3,5,8,10,13-15H2,1-2H3,(H,22,24). The molecule has 1 aromatic heterocycles. The summed E-state index contributed by atoms with van der Waals surface area (Å²) in [6, 6.07) is 8.49. The van der Waals surface area contributed by atoms with E-state index in [9.17, 15) is 4.79 Å². The number of imidazole rings is 1. The van der Waals surface area contributed by atoms with Gasteiger partial charge in [0.15, 0.2) is 5.96 Å². The molecule has 1 aliphatic rings. The maximum absolute atomic E-state index is 12.1. The Labute approximate surface area is 166 Å². The van der Waals surface area contributed by atoms with E-state index in [4.69, 9.17) is 4.74 Å². The van der Waals surface area contributed by atoms with Crippen LogP contribution in [0.15, 0.2) is 48.0 Å². The summed E-state index contributed by atoms with van der Waals surface area (Å²) in [5, 5.41) is 3.44. The minimum absolute atomic E-state index is 0.0780. The number of aliphatic imine (C=N–C) groups is 1. The van der Waals surface area contributed by atoms with Gasteiger partial charge in [-0.25, -0.2) is 4.98 Å². The molecule has 28 heavy (non-hydrogen) atoms. The molecule has 1 fully saturated rings. The van der Waals surface area contributed by atoms with Crippen LogP contribution in [0.25, 0.3) is 0 Å². The Kier molecular flexibility index (Phi) is 7.06. The summed E-state index contributed by atoms with van der Waals surface area (Å²) in [4.78, 5) is 22.7. The number of hydrogen-bond acceptors (Lipinski definition) is 4. The van der Waals surface area contributed by atoms with Crippen molar-refractivity contribution in [1.29, 1.82) is 0 Å². The monoisotopic (exact) mass is 383 g/mol. The van der Waals surface area contributed by atoms with Crippen molar-refractivity contribution in [2.45, 2.75) is 32.9 Å². The van der Waals surface area contributed by atoms with Crippen LogP contribution >= 0.6 is 0 Å². The molecule has 2 heterocycles. The number of rotatable bonds is 6. The summed E-state index contributed by atoms with van der Waals surface area (Å²) in [5.74, 6) is 0.648. The summed E-state index contributed by atoms with van der Waals surface area (Å²) in [7, 11) is 1.78. The molecule has 0 radical (unpaired) electrons. The zero-order chi connectivity index (χ0) is 19.8. The third kappa shape index (κ3) is 5.34. The van der Waals surface area contributed by atoms with Crippen LogP contribution in [-0.4, -0.2) is 53.1 Å². The highest BCUT2D eigenvalue weighted by Crippen LogP contribution is 2.18. The van der Waals surface area contributed by atoms with E-state index in [1.54, 1.807) is 13.2 Å². The largest absolute Gasteiger partial charge is 0.466 e. The molecule has 1 aromatic carbocycles. The summed E-state index contributed by atoms with van der Waals surface area (Å²) in [6.45, 7) is 5.31. The van der Waals surface area contributed by atoms with Crippen LogP contribution in [0.5, 0.6) is 0 Å². The lowest BCUT2D eigenvalue weighted by Crippen LogP contribution is -2.48. The summed E-state index contributed by atoms with van der Waals surface area (Å²) < 4.78 is 7.25. The molecule has 7 nitrogen and oxygen atoms in total. The molecule has 1 aliphatic heterocycles. The van der Waals surface area contributed by atoms with Crippen molar-refractivity contribution in [2.75, 3.05) is 26.7 Å². The molecule has 150 valence electrons. The van der Waals surface area contributed by atoms with Crippen LogP contribution < -0.4 is 5.32 Å². The van der Waals surface area contributed by atoms with Crippen molar-refractivity contribution < 1.29 is 9.53 Å². The minimum Gasteiger partial charge on any atom is -0.466 e. The zero-order valence-electron chi connectivity index (χ0n) is 16.7. The van der Waals surface area contributed by atoms with E-state index in [0.29, 0.717) is 19.7 Å². The maximum atomic E-state index is 12.1. The second-order valence-corrected chi connectivity index (χ2v) is 6.99. The zero-order valence-corrected chi connectivity index (χ0v) is 16.7. The molecule has 7 heteroatoms. The number of benzene rings is 1. The molecule has 3 rings (SSSR count). The SMILES string of the molecule is CCOC(=O)C1CCCN(C(=NC)NCc2cccc(Cn3ccnc3)c2)C1. The predicted molar refractivity (Wildman–Crippen MR) is 109 cm³/mol. The molecule has 1 unspecified atom stereocenters. The molecule has 0 bridgehead atoms. The molecule has 0 saturated carbocycles. The number of hydrogen-bond donors (Lipinski definition) is 1. The van der Waals surface area contributed by atoms with Gasteiger partial charge in [-0.05, 0) is 30.9 Å². The lowest BCUT2D eigenvalue weighted by Gasteiger charge is -2.34. The Hall–Kier alpha value is -2.83. The van der Waals surface area contributed by atoms with Crippen LogP contribution in [0.1, 0.15) is 30.9 Å². The predicted octanol–water partition coefficient (Wildman–Crippen LogP) is 2.28. The summed E-state index contributed by atoms with van der Waals surface area (Å²) in [6.07, 6.45) is 7.41. The van der Waals surface area contributed by atoms with E-state index < -0.39 is 0 Å². The van der Waals surface area contributed by atoms with Gasteiger partial charge in [-0.2, -0.15) is 0 Å². The minimum atomic E-state index is -0.102. The molecule has 1 N–H and O–H groups in total. The molecule has 0 spiro atoms. The lowest BCUT2D eigenvalue weighted by atomic mass is 9.98. The number of carbonyl (C=O) groups is 1. The Bertz CT molecular complexity index is 788. The number of piperidine rings is 1. The molecule has 0 aliphatic carbocycles. The van der Waals surface area contributed by atoms with E-state index in [0.717, 1.165) is 31.9 Å². The summed E-state index contributed by atoms with van der Waals surface area (Å²) in [5.41, 5.74) is 2.42. The van der Waals surface area contributed by atoms with E-state index in [2.05, 4.69) is 49.0 Å². The second-order valence-electron chi connectivity index (χ2n) is 6.99. The van der Waals surface area contributed by atoms with Gasteiger partial charge in [0, 0.05) is 45.6 Å². The fourth-order valence-corrected chi connectivity index (χ4v) is 3.56. The fourth-order valence-electron chi connectivity index (χ4n) is 3.56. The van der Waals surface area contributed by atoms with Gasteiger partial charge in [-0.15, -0.1) is 0 Å². The summed E-state index contributed by atoms with van der Waals surface area (Å²) >= 11 is 0. The molecule has 2 aromatic rings. The van der Waals surface area contributed by atoms with Gasteiger partial charge in [-0.3, -0.25) is 9.79 Å². The highest BCUT2D eigenvalue weighted by Gasteiger charge is 2.28. The first-order valence-electron chi connectivity index (χ1n) is 9.85. The Morgan fingerprint density at radius 1 is 1.39 bits per heavy atom. The quantitative estimate of drug-likeness (QED) is 0.471. The van der Waals surface area contributed by atoms with Gasteiger partial charge in [0.2, 0.25) is 0 Å². The van der Waals surface area contributed by atoms with Crippen LogP contribution in [-0.2, 0) is 22.6 Å². The smallest absolute Gasteiger partial charge is 0.310 e. The second kappa shape index (κ2) is 9.92. The topological polar surface area (TPSA) is 71.8 Å². The van der Waals surface area contributed by atoms with Crippen LogP contribution in [0, 0.1) is 5.92 Å². The highest BCUT2D eigenvalue weighted by atomic mass is 16.5. The van der Waals surface area contributed by atoms with Crippen LogP contribution in [0.4, 0.5) is 0 Å². The normalized spacial score (nSPS) is 17.4. The van der Waals surface area contributed by atoms with Gasteiger partial charge >= 0.3 is 5.97 Å². The van der Waals surface area contributed by atoms with E-state index in [1.165, 1.54) is 11.1 Å². The average Bonchev–Trinajstić information content (AvgIpc) is 3.22. The number of guanidine groups is 1. The third-order valence-electron chi connectivity index (χ3n) is 4.92. The number of aromatic nitrogens is 2. The average molecular weight is 383 g/mol. The van der Waals surface area contributed by atoms with Crippen molar-refractivity contribution in [1.82, 2.24) is 19.8 Å². The van der Waals surface area contributed by atoms with Crippen molar-refractivity contribution in [3.05, 3.63) is 54.1 Å². The number of likely N-dealkylation sites (tertiary alicyclic amines) is 1. The van der Waals surface area contributed by atoms with Gasteiger partial charge in [-0.1, -0.05) is 24.3 Å². The van der Waals surface area contributed by atoms with E-state index in [1.807, 2.05) is 19.4 Å².